The van der Waals surface area contributed by atoms with Crippen molar-refractivity contribution in [3.8, 4) is 5.75 Å². The van der Waals surface area contributed by atoms with Crippen LogP contribution >= 0.6 is 15.9 Å². The molecule has 1 aromatic rings. The number of rotatable bonds is 5. The van der Waals surface area contributed by atoms with Crippen LogP contribution in [0, 0.1) is 0 Å². The van der Waals surface area contributed by atoms with Gasteiger partial charge in [-0.25, -0.2) is 4.79 Å². The van der Waals surface area contributed by atoms with E-state index in [1.165, 1.54) is 4.90 Å². The molecule has 1 fully saturated rings. The van der Waals surface area contributed by atoms with Crippen LogP contribution in [0.4, 0.5) is 0 Å². The predicted molar refractivity (Wildman–Crippen MR) is 81.4 cm³/mol. The van der Waals surface area contributed by atoms with Gasteiger partial charge in [0.1, 0.15) is 11.8 Å². The summed E-state index contributed by atoms with van der Waals surface area (Å²) in [6.07, 6.45) is 2.20. The Bertz CT molecular complexity index is 546. The van der Waals surface area contributed by atoms with E-state index in [0.29, 0.717) is 25.8 Å². The number of hydrogen-bond acceptors (Lipinski definition) is 3. The highest BCUT2D eigenvalue weighted by Gasteiger charge is 2.33. The van der Waals surface area contributed by atoms with E-state index in [1.54, 1.807) is 7.11 Å². The number of likely N-dealkylation sites (tertiary alicyclic amines) is 1. The lowest BCUT2D eigenvalue weighted by Gasteiger charge is -2.21. The molecule has 1 aliphatic rings. The second-order valence-corrected chi connectivity index (χ2v) is 5.90. The number of carboxylic acid groups (broad SMARTS) is 1. The fourth-order valence-electron chi connectivity index (χ4n) is 2.56. The maximum Gasteiger partial charge on any atom is 0.326 e. The quantitative estimate of drug-likeness (QED) is 0.880. The number of halogens is 1. The summed E-state index contributed by atoms with van der Waals surface area (Å²) in [5, 5.41) is 9.10. The highest BCUT2D eigenvalue weighted by atomic mass is 79.9. The van der Waals surface area contributed by atoms with E-state index in [0.717, 1.165) is 22.2 Å². The van der Waals surface area contributed by atoms with Gasteiger partial charge in [-0.1, -0.05) is 22.0 Å². The Hall–Kier alpha value is -1.56. The first-order valence-corrected chi connectivity index (χ1v) is 7.67. The summed E-state index contributed by atoms with van der Waals surface area (Å²) < 4.78 is 6.02. The van der Waals surface area contributed by atoms with Gasteiger partial charge in [0.2, 0.25) is 5.91 Å². The summed E-state index contributed by atoms with van der Waals surface area (Å²) >= 11 is 3.46. The van der Waals surface area contributed by atoms with Gasteiger partial charge in [-0.05, 0) is 37.0 Å². The number of carboxylic acids is 1. The number of carbonyl (C=O) groups is 2. The Morgan fingerprint density at radius 3 is 2.86 bits per heavy atom. The minimum Gasteiger partial charge on any atom is -0.497 e. The molecule has 114 valence electrons. The minimum absolute atomic E-state index is 0.0948. The number of benzene rings is 1. The van der Waals surface area contributed by atoms with Crippen LogP contribution in [-0.2, 0) is 16.0 Å². The lowest BCUT2D eigenvalue weighted by Crippen LogP contribution is -2.40. The third-order valence-corrected chi connectivity index (χ3v) is 4.46. The Morgan fingerprint density at radius 1 is 1.48 bits per heavy atom. The minimum atomic E-state index is -0.911. The third kappa shape index (κ3) is 3.75. The van der Waals surface area contributed by atoms with E-state index in [-0.39, 0.29) is 5.91 Å². The first-order valence-electron chi connectivity index (χ1n) is 6.87. The van der Waals surface area contributed by atoms with E-state index in [4.69, 9.17) is 9.84 Å². The predicted octanol–water partition coefficient (Wildman–Crippen LogP) is 2.47. The van der Waals surface area contributed by atoms with Crippen molar-refractivity contribution in [1.82, 2.24) is 4.90 Å². The molecule has 5 nitrogen and oxygen atoms in total. The van der Waals surface area contributed by atoms with E-state index >= 15 is 0 Å². The second kappa shape index (κ2) is 6.93. The summed E-state index contributed by atoms with van der Waals surface area (Å²) in [6.45, 7) is 0.541. The number of ether oxygens (including phenoxy) is 1. The molecule has 0 aliphatic carbocycles. The molecule has 1 unspecified atom stereocenters. The SMILES string of the molecule is COc1ccc(CCC(=O)N2CCCC2C(=O)O)c(Br)c1. The van der Waals surface area contributed by atoms with Crippen LogP contribution in [0.1, 0.15) is 24.8 Å². The molecule has 0 aromatic heterocycles. The zero-order valence-corrected chi connectivity index (χ0v) is 13.4. The van der Waals surface area contributed by atoms with Gasteiger partial charge < -0.3 is 14.7 Å². The zero-order chi connectivity index (χ0) is 15.4. The molecule has 1 amide bonds. The number of nitrogens with zero attached hydrogens (tertiary/aromatic N) is 1. The third-order valence-electron chi connectivity index (χ3n) is 3.73. The summed E-state index contributed by atoms with van der Waals surface area (Å²) in [4.78, 5) is 24.8. The summed E-state index contributed by atoms with van der Waals surface area (Å²) in [6, 6.07) is 4.96. The van der Waals surface area contributed by atoms with E-state index < -0.39 is 12.0 Å². The molecule has 6 heteroatoms. The van der Waals surface area contributed by atoms with Gasteiger partial charge in [0.25, 0.3) is 0 Å². The van der Waals surface area contributed by atoms with Crippen molar-refractivity contribution in [2.75, 3.05) is 13.7 Å². The number of carbonyl (C=O) groups excluding carboxylic acids is 1. The fourth-order valence-corrected chi connectivity index (χ4v) is 3.12. The van der Waals surface area contributed by atoms with Crippen molar-refractivity contribution in [2.45, 2.75) is 31.7 Å². The largest absolute Gasteiger partial charge is 0.497 e. The Balaban J connectivity index is 1.96. The number of hydrogen-bond donors (Lipinski definition) is 1. The molecular weight excluding hydrogens is 338 g/mol. The van der Waals surface area contributed by atoms with Crippen molar-refractivity contribution in [3.05, 3.63) is 28.2 Å². The molecule has 1 saturated heterocycles. The second-order valence-electron chi connectivity index (χ2n) is 5.04. The number of methoxy groups -OCH3 is 1. The molecule has 0 bridgehead atoms. The Morgan fingerprint density at radius 2 is 2.24 bits per heavy atom. The molecule has 1 atom stereocenters. The molecule has 1 aliphatic heterocycles. The van der Waals surface area contributed by atoms with Crippen LogP contribution in [0.3, 0.4) is 0 Å². The van der Waals surface area contributed by atoms with Crippen LogP contribution in [0.25, 0.3) is 0 Å². The smallest absolute Gasteiger partial charge is 0.326 e. The van der Waals surface area contributed by atoms with Gasteiger partial charge in [-0.15, -0.1) is 0 Å². The monoisotopic (exact) mass is 355 g/mol. The average Bonchev–Trinajstić information content (AvgIpc) is 2.95. The molecule has 2 rings (SSSR count). The highest BCUT2D eigenvalue weighted by molar-refractivity contribution is 9.10. The molecule has 1 aromatic carbocycles. The molecule has 0 spiro atoms. The van der Waals surface area contributed by atoms with Gasteiger partial charge in [0.05, 0.1) is 7.11 Å². The fraction of sp³-hybridized carbons (Fsp3) is 0.467. The summed E-state index contributed by atoms with van der Waals surface area (Å²) in [5.41, 5.74) is 1.01. The molecule has 1 N–H and O–H groups in total. The number of amides is 1. The van der Waals surface area contributed by atoms with Gasteiger partial charge in [-0.2, -0.15) is 0 Å². The van der Waals surface area contributed by atoms with Crippen molar-refractivity contribution >= 4 is 27.8 Å². The van der Waals surface area contributed by atoms with Gasteiger partial charge >= 0.3 is 5.97 Å². The van der Waals surface area contributed by atoms with Crippen LogP contribution in [-0.4, -0.2) is 41.6 Å². The summed E-state index contributed by atoms with van der Waals surface area (Å²) in [7, 11) is 1.60. The van der Waals surface area contributed by atoms with Crippen LogP contribution < -0.4 is 4.74 Å². The lowest BCUT2D eigenvalue weighted by atomic mass is 10.1. The molecule has 21 heavy (non-hydrogen) atoms. The summed E-state index contributed by atoms with van der Waals surface area (Å²) in [5.74, 6) is -0.253. The molecule has 0 radical (unpaired) electrons. The van der Waals surface area contributed by atoms with Crippen molar-refractivity contribution in [2.24, 2.45) is 0 Å². The van der Waals surface area contributed by atoms with Crippen LogP contribution in [0.15, 0.2) is 22.7 Å². The van der Waals surface area contributed by atoms with E-state index in [2.05, 4.69) is 15.9 Å². The number of aliphatic carboxylic acids is 1. The van der Waals surface area contributed by atoms with Crippen LogP contribution in [0.2, 0.25) is 0 Å². The average molecular weight is 356 g/mol. The maximum absolute atomic E-state index is 12.2. The van der Waals surface area contributed by atoms with E-state index in [1.807, 2.05) is 18.2 Å². The van der Waals surface area contributed by atoms with Crippen LogP contribution in [0.5, 0.6) is 5.75 Å². The van der Waals surface area contributed by atoms with E-state index in [9.17, 15) is 9.59 Å². The lowest BCUT2D eigenvalue weighted by molar-refractivity contribution is -0.148. The maximum atomic E-state index is 12.2. The molecular formula is C15H18BrNO4. The Kier molecular flexibility index (Phi) is 5.22. The molecule has 1 heterocycles. The van der Waals surface area contributed by atoms with Gasteiger partial charge in [0, 0.05) is 17.4 Å². The first-order chi connectivity index (χ1) is 10.0. The normalized spacial score (nSPS) is 17.8. The van der Waals surface area contributed by atoms with Crippen molar-refractivity contribution in [1.29, 1.82) is 0 Å². The van der Waals surface area contributed by atoms with Gasteiger partial charge in [0.15, 0.2) is 0 Å². The standard InChI is InChI=1S/C15H18BrNO4/c1-21-11-6-4-10(12(16)9-11)5-7-14(18)17-8-2-3-13(17)15(19)20/h4,6,9,13H,2-3,5,7-8H2,1H3,(H,19,20). The van der Waals surface area contributed by atoms with Gasteiger partial charge in [-0.3, -0.25) is 4.79 Å². The zero-order valence-electron chi connectivity index (χ0n) is 11.8. The molecule has 0 saturated carbocycles. The topological polar surface area (TPSA) is 66.8 Å². The van der Waals surface area contributed by atoms with Crippen molar-refractivity contribution < 1.29 is 19.4 Å². The number of aryl methyl sites for hydroxylation is 1. The highest BCUT2D eigenvalue weighted by Crippen LogP contribution is 2.25. The van der Waals surface area contributed by atoms with Crippen molar-refractivity contribution in [3.63, 3.8) is 0 Å². The Labute approximate surface area is 132 Å². The first kappa shape index (κ1) is 15.8.